The van der Waals surface area contributed by atoms with Crippen molar-refractivity contribution in [2.24, 2.45) is 0 Å². The molecule has 1 aliphatic heterocycles. The van der Waals surface area contributed by atoms with E-state index < -0.39 is 0 Å². The second-order valence-electron chi connectivity index (χ2n) is 12.0. The standard InChI is InChI=1S/C36H45N5O4/c1-6-45-31-14-15-33-32(23-31)35(29-12-10-28(11-13-29)26(2)3)37-36(43)41(33)24-27-8-7-9-30(22-27)38(4)34(42)25-40-18-16-39(17-19-40)20-21-44-5/h7-15,22-23,26H,6,16-21,24-25H2,1-5H3. The lowest BCUT2D eigenvalue weighted by atomic mass is 9.99. The highest BCUT2D eigenvalue weighted by atomic mass is 16.5. The van der Waals surface area contributed by atoms with E-state index in [0.29, 0.717) is 31.3 Å². The number of amides is 1. The molecule has 0 radical (unpaired) electrons. The molecule has 0 bridgehead atoms. The number of aromatic nitrogens is 2. The first-order chi connectivity index (χ1) is 21.8. The lowest BCUT2D eigenvalue weighted by Crippen LogP contribution is -2.50. The third-order valence-electron chi connectivity index (χ3n) is 8.56. The van der Waals surface area contributed by atoms with Gasteiger partial charge in [-0.15, -0.1) is 0 Å². The van der Waals surface area contributed by atoms with Crippen LogP contribution < -0.4 is 15.3 Å². The molecule has 1 aromatic heterocycles. The Morgan fingerprint density at radius 1 is 0.978 bits per heavy atom. The van der Waals surface area contributed by atoms with Crippen LogP contribution in [0.2, 0.25) is 0 Å². The van der Waals surface area contributed by atoms with Gasteiger partial charge in [-0.3, -0.25) is 19.2 Å². The zero-order valence-electron chi connectivity index (χ0n) is 27.2. The van der Waals surface area contributed by atoms with Crippen LogP contribution in [0.3, 0.4) is 0 Å². The summed E-state index contributed by atoms with van der Waals surface area (Å²) in [6.45, 7) is 12.7. The fourth-order valence-corrected chi connectivity index (χ4v) is 5.79. The quantitative estimate of drug-likeness (QED) is 0.226. The smallest absolute Gasteiger partial charge is 0.348 e. The number of ether oxygens (including phenoxy) is 2. The molecule has 45 heavy (non-hydrogen) atoms. The topological polar surface area (TPSA) is 80.1 Å². The van der Waals surface area contributed by atoms with E-state index in [2.05, 4.69) is 40.8 Å². The Kier molecular flexibility index (Phi) is 10.7. The van der Waals surface area contributed by atoms with Crippen molar-refractivity contribution in [1.29, 1.82) is 0 Å². The molecule has 4 aromatic rings. The van der Waals surface area contributed by atoms with Crippen molar-refractivity contribution < 1.29 is 14.3 Å². The molecule has 1 aliphatic rings. The molecule has 9 heteroatoms. The van der Waals surface area contributed by atoms with Gasteiger partial charge in [0.2, 0.25) is 5.91 Å². The molecular weight excluding hydrogens is 566 g/mol. The van der Waals surface area contributed by atoms with Crippen LogP contribution in [0.5, 0.6) is 5.75 Å². The molecule has 0 spiro atoms. The normalized spacial score (nSPS) is 14.3. The summed E-state index contributed by atoms with van der Waals surface area (Å²) in [6, 6.07) is 21.9. The number of anilines is 1. The number of fused-ring (bicyclic) bond motifs is 1. The minimum absolute atomic E-state index is 0.0399. The van der Waals surface area contributed by atoms with Gasteiger partial charge in [0.15, 0.2) is 0 Å². The van der Waals surface area contributed by atoms with Gasteiger partial charge in [-0.2, -0.15) is 4.98 Å². The van der Waals surface area contributed by atoms with Crippen LogP contribution in [-0.4, -0.2) is 91.9 Å². The number of likely N-dealkylation sites (N-methyl/N-ethyl adjacent to an activating group) is 1. The summed E-state index contributed by atoms with van der Waals surface area (Å²) in [7, 11) is 3.53. The van der Waals surface area contributed by atoms with Gasteiger partial charge in [0, 0.05) is 63.5 Å². The molecule has 0 aliphatic carbocycles. The summed E-state index contributed by atoms with van der Waals surface area (Å²) in [5, 5.41) is 0.851. The number of methoxy groups -OCH3 is 1. The summed E-state index contributed by atoms with van der Waals surface area (Å²) in [6.07, 6.45) is 0. The highest BCUT2D eigenvalue weighted by Gasteiger charge is 2.21. The molecular formula is C36H45N5O4. The van der Waals surface area contributed by atoms with Crippen molar-refractivity contribution in [2.45, 2.75) is 33.2 Å². The minimum Gasteiger partial charge on any atom is -0.494 e. The molecule has 1 fully saturated rings. The Morgan fingerprint density at radius 3 is 2.40 bits per heavy atom. The van der Waals surface area contributed by atoms with Crippen molar-refractivity contribution in [3.63, 3.8) is 0 Å². The van der Waals surface area contributed by atoms with Gasteiger partial charge in [-0.05, 0) is 54.3 Å². The Hall–Kier alpha value is -4.05. The lowest BCUT2D eigenvalue weighted by Gasteiger charge is -2.34. The van der Waals surface area contributed by atoms with E-state index in [1.54, 1.807) is 16.6 Å². The molecule has 2 heterocycles. The number of piperazine rings is 1. The molecule has 9 nitrogen and oxygen atoms in total. The van der Waals surface area contributed by atoms with Gasteiger partial charge in [0.25, 0.3) is 0 Å². The number of carbonyl (C=O) groups excluding carboxylic acids is 1. The van der Waals surface area contributed by atoms with Gasteiger partial charge in [-0.1, -0.05) is 50.2 Å². The fraction of sp³-hybridized carbons (Fsp3) is 0.417. The maximum absolute atomic E-state index is 13.6. The van der Waals surface area contributed by atoms with E-state index >= 15 is 0 Å². The SMILES string of the molecule is CCOc1ccc2c(c1)c(-c1ccc(C(C)C)cc1)nc(=O)n2Cc1cccc(N(C)C(=O)CN2CCN(CCOC)CC2)c1. The average molecular weight is 612 g/mol. The highest BCUT2D eigenvalue weighted by Crippen LogP contribution is 2.30. The van der Waals surface area contributed by atoms with E-state index in [1.165, 1.54) is 5.56 Å². The molecule has 5 rings (SSSR count). The zero-order chi connectivity index (χ0) is 31.9. The predicted molar refractivity (Wildman–Crippen MR) is 180 cm³/mol. The number of benzene rings is 3. The van der Waals surface area contributed by atoms with Crippen LogP contribution in [0, 0.1) is 0 Å². The Labute approximate surface area is 266 Å². The van der Waals surface area contributed by atoms with Crippen LogP contribution in [0.15, 0.2) is 71.5 Å². The van der Waals surface area contributed by atoms with Crippen molar-refractivity contribution in [2.75, 3.05) is 71.5 Å². The molecule has 0 N–H and O–H groups in total. The zero-order valence-corrected chi connectivity index (χ0v) is 27.2. The van der Waals surface area contributed by atoms with Crippen molar-refractivity contribution in [3.8, 4) is 17.0 Å². The number of nitrogens with zero attached hydrogens (tertiary/aromatic N) is 5. The van der Waals surface area contributed by atoms with Gasteiger partial charge < -0.3 is 14.4 Å². The third kappa shape index (κ3) is 7.79. The Balaban J connectivity index is 1.38. The average Bonchev–Trinajstić information content (AvgIpc) is 3.05. The van der Waals surface area contributed by atoms with Crippen molar-refractivity contribution >= 4 is 22.5 Å². The van der Waals surface area contributed by atoms with E-state index in [4.69, 9.17) is 9.47 Å². The van der Waals surface area contributed by atoms with Gasteiger partial charge in [0.1, 0.15) is 5.75 Å². The van der Waals surface area contributed by atoms with Crippen molar-refractivity contribution in [3.05, 3.63) is 88.3 Å². The number of hydrogen-bond donors (Lipinski definition) is 0. The van der Waals surface area contributed by atoms with E-state index in [1.807, 2.05) is 68.6 Å². The summed E-state index contributed by atoms with van der Waals surface area (Å²) in [5.74, 6) is 1.18. The maximum Gasteiger partial charge on any atom is 0.348 e. The minimum atomic E-state index is -0.325. The van der Waals surface area contributed by atoms with Crippen LogP contribution in [0.4, 0.5) is 5.69 Å². The molecule has 238 valence electrons. The second-order valence-corrected chi connectivity index (χ2v) is 12.0. The van der Waals surface area contributed by atoms with E-state index in [9.17, 15) is 9.59 Å². The number of hydrogen-bond acceptors (Lipinski definition) is 7. The Bertz CT molecular complexity index is 1660. The van der Waals surface area contributed by atoms with Crippen LogP contribution >= 0.6 is 0 Å². The predicted octanol–water partition coefficient (Wildman–Crippen LogP) is 4.86. The molecule has 3 aromatic carbocycles. The maximum atomic E-state index is 13.6. The van der Waals surface area contributed by atoms with Crippen molar-refractivity contribution in [1.82, 2.24) is 19.4 Å². The summed E-state index contributed by atoms with van der Waals surface area (Å²) in [5.41, 5.74) is 4.92. The van der Waals surface area contributed by atoms with Crippen LogP contribution in [0.25, 0.3) is 22.2 Å². The molecule has 1 saturated heterocycles. The first-order valence-corrected chi connectivity index (χ1v) is 15.8. The Morgan fingerprint density at radius 2 is 1.71 bits per heavy atom. The second kappa shape index (κ2) is 14.8. The van der Waals surface area contributed by atoms with Gasteiger partial charge >= 0.3 is 5.69 Å². The lowest BCUT2D eigenvalue weighted by molar-refractivity contribution is -0.119. The third-order valence-corrected chi connectivity index (χ3v) is 8.56. The number of rotatable bonds is 12. The van der Waals surface area contributed by atoms with E-state index in [-0.39, 0.29) is 11.6 Å². The fourth-order valence-electron chi connectivity index (χ4n) is 5.79. The molecule has 0 saturated carbocycles. The molecule has 0 unspecified atom stereocenters. The first-order valence-electron chi connectivity index (χ1n) is 15.8. The molecule has 0 atom stereocenters. The van der Waals surface area contributed by atoms with Gasteiger partial charge in [0.05, 0.1) is 37.5 Å². The van der Waals surface area contributed by atoms with E-state index in [0.717, 1.165) is 72.8 Å². The summed E-state index contributed by atoms with van der Waals surface area (Å²) in [4.78, 5) is 37.7. The van der Waals surface area contributed by atoms with Crippen LogP contribution in [0.1, 0.15) is 37.8 Å². The summed E-state index contributed by atoms with van der Waals surface area (Å²) < 4.78 is 12.7. The number of carbonyl (C=O) groups is 1. The van der Waals surface area contributed by atoms with Gasteiger partial charge in [-0.25, -0.2) is 4.79 Å². The summed E-state index contributed by atoms with van der Waals surface area (Å²) >= 11 is 0. The molecule has 1 amide bonds. The van der Waals surface area contributed by atoms with Crippen LogP contribution in [-0.2, 0) is 16.1 Å². The monoisotopic (exact) mass is 611 g/mol. The highest BCUT2D eigenvalue weighted by molar-refractivity contribution is 5.95. The first kappa shape index (κ1) is 32.3. The largest absolute Gasteiger partial charge is 0.494 e.